The lowest BCUT2D eigenvalue weighted by molar-refractivity contribution is -0.385. The summed E-state index contributed by atoms with van der Waals surface area (Å²) in [5.41, 5.74) is 1.24. The molecule has 0 aromatic heterocycles. The summed E-state index contributed by atoms with van der Waals surface area (Å²) in [6.45, 7) is 5.30. The van der Waals surface area contributed by atoms with E-state index in [1.807, 2.05) is 7.05 Å². The molecule has 1 atom stereocenters. The lowest BCUT2D eigenvalue weighted by atomic mass is 9.95. The van der Waals surface area contributed by atoms with Crippen LogP contribution in [-0.4, -0.2) is 91.1 Å². The molecular formula is C28H39N7O6. The van der Waals surface area contributed by atoms with Gasteiger partial charge >= 0.3 is 0 Å². The Morgan fingerprint density at radius 2 is 1.39 bits per heavy atom. The number of carbonyl (C=O) groups is 1. The number of ketones is 1. The first-order valence-electron chi connectivity index (χ1n) is 14.2. The molecule has 2 aromatic rings. The van der Waals surface area contributed by atoms with Gasteiger partial charge in [-0.05, 0) is 45.8 Å². The van der Waals surface area contributed by atoms with Gasteiger partial charge in [0.05, 0.1) is 10.6 Å². The molecule has 1 heterocycles. The number of benzene rings is 1. The Kier molecular flexibility index (Phi) is 10.4. The van der Waals surface area contributed by atoms with E-state index in [-0.39, 0.29) is 16.4 Å². The number of rotatable bonds is 3. The van der Waals surface area contributed by atoms with Crippen LogP contribution in [-0.2, 0) is 11.3 Å². The van der Waals surface area contributed by atoms with Crippen LogP contribution in [0, 0.1) is 10.1 Å². The van der Waals surface area contributed by atoms with Gasteiger partial charge in [-0.2, -0.15) is 0 Å². The molecule has 1 aliphatic heterocycles. The molecule has 13 heteroatoms. The van der Waals surface area contributed by atoms with Gasteiger partial charge in [-0.25, -0.2) is 0 Å². The molecule has 1 aliphatic carbocycles. The van der Waals surface area contributed by atoms with Gasteiger partial charge in [-0.15, -0.1) is 0 Å². The van der Waals surface area contributed by atoms with Crippen molar-refractivity contribution in [1.82, 2.24) is 20.4 Å². The van der Waals surface area contributed by atoms with E-state index in [0.717, 1.165) is 25.9 Å². The van der Waals surface area contributed by atoms with E-state index in [0.29, 0.717) is 87.0 Å². The highest BCUT2D eigenvalue weighted by molar-refractivity contribution is 6.07. The van der Waals surface area contributed by atoms with Crippen LogP contribution in [0.5, 0.6) is 0 Å². The van der Waals surface area contributed by atoms with Crippen LogP contribution in [0.2, 0.25) is 0 Å². The zero-order chi connectivity index (χ0) is 29.4. The topological polar surface area (TPSA) is 169 Å². The van der Waals surface area contributed by atoms with E-state index in [9.17, 15) is 29.6 Å². The third-order valence-electron chi connectivity index (χ3n) is 7.49. The molecular weight excluding hydrogens is 530 g/mol. The Hall–Kier alpha value is -3.81. The maximum absolute atomic E-state index is 12.3. The predicted octanol–water partition coefficient (Wildman–Crippen LogP) is 0.357. The van der Waals surface area contributed by atoms with Crippen molar-refractivity contribution in [2.45, 2.75) is 38.3 Å². The van der Waals surface area contributed by atoms with Gasteiger partial charge in [0.2, 0.25) is 5.78 Å². The Labute approximate surface area is 238 Å². The Morgan fingerprint density at radius 3 is 2.00 bits per heavy atom. The van der Waals surface area contributed by atoms with Gasteiger partial charge in [-0.3, -0.25) is 29.4 Å². The van der Waals surface area contributed by atoms with Crippen LogP contribution in [0.3, 0.4) is 0 Å². The summed E-state index contributed by atoms with van der Waals surface area (Å²) in [5.74, 6) is -0.327. The second-order valence-corrected chi connectivity index (χ2v) is 10.6. The van der Waals surface area contributed by atoms with Crippen molar-refractivity contribution in [3.05, 3.63) is 71.8 Å². The second kappa shape index (κ2) is 14.2. The zero-order valence-corrected chi connectivity index (χ0v) is 23.4. The van der Waals surface area contributed by atoms with Gasteiger partial charge in [0.25, 0.3) is 16.5 Å². The molecule has 0 fully saturated rings. The molecule has 0 amide bonds. The van der Waals surface area contributed by atoms with Crippen molar-refractivity contribution in [2.75, 3.05) is 70.0 Å². The first-order chi connectivity index (χ1) is 19.8. The first kappa shape index (κ1) is 30.2. The van der Waals surface area contributed by atoms with Gasteiger partial charge in [0.1, 0.15) is 17.1 Å². The van der Waals surface area contributed by atoms with E-state index in [1.54, 1.807) is 18.2 Å². The SMILES string of the molecule is CN1CCCNC2=C(NCCCN(Cc3ccccc3[N+](=O)[O-])CCCNc3c(c(=O)c3=O)NCCC1)C(=O)C2O. The first-order valence-corrected chi connectivity index (χ1v) is 14.2. The number of aliphatic hydroxyl groups excluding tert-OH is 1. The molecule has 0 saturated carbocycles. The third kappa shape index (κ3) is 7.48. The largest absolute Gasteiger partial charge is 0.384 e. The fourth-order valence-corrected chi connectivity index (χ4v) is 5.17. The molecule has 0 radical (unpaired) electrons. The molecule has 1 unspecified atom stereocenters. The van der Waals surface area contributed by atoms with Gasteiger partial charge < -0.3 is 31.3 Å². The maximum Gasteiger partial charge on any atom is 0.273 e. The van der Waals surface area contributed by atoms with Crippen molar-refractivity contribution in [1.29, 1.82) is 0 Å². The summed E-state index contributed by atoms with van der Waals surface area (Å²) in [6.07, 6.45) is 1.77. The standard InChI is InChI=1S/C28H39N7O6/c1-33-14-4-10-29-21-23(27(38)25(21)36)31-12-6-16-34(18-19-8-2-3-9-20(19)35(40)41)17-7-13-32-24-22(26(37)28(24)39)30-11-5-15-33/h2-3,8-9,25,29-32,36H,4-7,10-18H2,1H3. The average Bonchev–Trinajstić information content (AvgIpc) is 2.97. The Bertz CT molecular complexity index is 1340. The minimum absolute atomic E-state index is 0.0578. The van der Waals surface area contributed by atoms with Crippen LogP contribution in [0.4, 0.5) is 17.1 Å². The monoisotopic (exact) mass is 569 g/mol. The van der Waals surface area contributed by atoms with E-state index >= 15 is 0 Å². The fraction of sp³-hybridized carbons (Fsp3) is 0.536. The maximum atomic E-state index is 12.3. The van der Waals surface area contributed by atoms with E-state index < -0.39 is 17.0 Å². The molecule has 5 N–H and O–H groups in total. The normalized spacial score (nSPS) is 21.0. The molecule has 0 saturated heterocycles. The molecule has 41 heavy (non-hydrogen) atoms. The highest BCUT2D eigenvalue weighted by Gasteiger charge is 2.37. The number of hydrogen-bond donors (Lipinski definition) is 5. The number of nitrogens with zero attached hydrogens (tertiary/aromatic N) is 3. The van der Waals surface area contributed by atoms with E-state index in [2.05, 4.69) is 31.1 Å². The number of carbonyl (C=O) groups excluding carboxylic acids is 1. The van der Waals surface area contributed by atoms with E-state index in [1.165, 1.54) is 6.07 Å². The predicted molar refractivity (Wildman–Crippen MR) is 157 cm³/mol. The molecule has 2 aromatic carbocycles. The van der Waals surface area contributed by atoms with E-state index in [4.69, 9.17) is 0 Å². The van der Waals surface area contributed by atoms with Crippen LogP contribution in [0.1, 0.15) is 31.2 Å². The molecule has 13 nitrogen and oxygen atoms in total. The number of hydrogen-bond acceptors (Lipinski definition) is 12. The highest BCUT2D eigenvalue weighted by Crippen LogP contribution is 2.22. The van der Waals surface area contributed by atoms with Gasteiger partial charge in [0.15, 0.2) is 6.10 Å². The highest BCUT2D eigenvalue weighted by atomic mass is 16.6. The summed E-state index contributed by atoms with van der Waals surface area (Å²) in [7, 11) is 2.01. The number of aliphatic hydroxyl groups is 1. The summed E-state index contributed by atoms with van der Waals surface area (Å²) in [6, 6.07) is 6.64. The second-order valence-electron chi connectivity index (χ2n) is 10.6. The van der Waals surface area contributed by atoms with Crippen molar-refractivity contribution in [2.24, 2.45) is 0 Å². The third-order valence-corrected chi connectivity index (χ3v) is 7.49. The van der Waals surface area contributed by atoms with Crippen molar-refractivity contribution in [3.8, 4) is 0 Å². The quantitative estimate of drug-likeness (QED) is 0.196. The average molecular weight is 570 g/mol. The lowest BCUT2D eigenvalue weighted by Gasteiger charge is -2.30. The van der Waals surface area contributed by atoms with Crippen LogP contribution in [0.25, 0.3) is 0 Å². The summed E-state index contributed by atoms with van der Waals surface area (Å²) >= 11 is 0. The Balaban J connectivity index is 1.44. The van der Waals surface area contributed by atoms with Crippen LogP contribution in [0.15, 0.2) is 45.2 Å². The minimum Gasteiger partial charge on any atom is -0.384 e. The summed E-state index contributed by atoms with van der Waals surface area (Å²) < 4.78 is 0. The fourth-order valence-electron chi connectivity index (χ4n) is 5.17. The molecule has 0 bridgehead atoms. The molecule has 0 spiro atoms. The van der Waals surface area contributed by atoms with Crippen LogP contribution < -0.4 is 32.1 Å². The van der Waals surface area contributed by atoms with Crippen molar-refractivity contribution in [3.63, 3.8) is 0 Å². The molecule has 4 rings (SSSR count). The summed E-state index contributed by atoms with van der Waals surface area (Å²) in [4.78, 5) is 52.0. The zero-order valence-electron chi connectivity index (χ0n) is 23.4. The van der Waals surface area contributed by atoms with Crippen molar-refractivity contribution >= 4 is 22.8 Å². The van der Waals surface area contributed by atoms with Gasteiger partial charge in [-0.1, -0.05) is 18.2 Å². The lowest BCUT2D eigenvalue weighted by Crippen LogP contribution is -2.48. The van der Waals surface area contributed by atoms with Crippen molar-refractivity contribution < 1.29 is 14.8 Å². The number of nitrogens with one attached hydrogen (secondary N) is 4. The molecule has 2 aliphatic rings. The number of anilines is 2. The smallest absolute Gasteiger partial charge is 0.273 e. The molecule has 222 valence electrons. The number of fused-ring (bicyclic) bond motifs is 1. The van der Waals surface area contributed by atoms with Crippen LogP contribution >= 0.6 is 0 Å². The van der Waals surface area contributed by atoms with Gasteiger partial charge in [0, 0.05) is 57.4 Å². The number of nitro benzene ring substituents is 1. The Morgan fingerprint density at radius 1 is 0.854 bits per heavy atom. The number of nitro groups is 1. The number of Topliss-reactive ketones (excluding diaryl/α,β-unsaturated/α-hetero) is 1. The summed E-state index contributed by atoms with van der Waals surface area (Å²) in [5, 5.41) is 34.2. The minimum atomic E-state index is -1.13. The number of para-hydroxylation sites is 1.